The highest BCUT2D eigenvalue weighted by Gasteiger charge is 2.42. The van der Waals surface area contributed by atoms with Crippen molar-refractivity contribution in [2.45, 2.75) is 57.8 Å². The number of rotatable bonds is 0. The molecule has 3 aliphatic carbocycles. The molecule has 0 spiro atoms. The zero-order valence-electron chi connectivity index (χ0n) is 11.7. The van der Waals surface area contributed by atoms with E-state index in [9.17, 15) is 5.11 Å². The number of hydrogen-bond acceptors (Lipinski definition) is 1. The molecule has 0 heterocycles. The maximum atomic E-state index is 9.66. The van der Waals surface area contributed by atoms with Crippen molar-refractivity contribution in [2.75, 3.05) is 0 Å². The van der Waals surface area contributed by atoms with Crippen LogP contribution in [0.15, 0.2) is 29.3 Å². The van der Waals surface area contributed by atoms with Crippen LogP contribution in [0.25, 0.3) is 0 Å². The number of fused-ring (bicyclic) bond motifs is 4. The maximum Gasteiger partial charge on any atom is 0.115 e. The minimum absolute atomic E-state index is 0.427. The lowest BCUT2D eigenvalue weighted by molar-refractivity contribution is 0.322. The summed E-state index contributed by atoms with van der Waals surface area (Å²) < 4.78 is 0. The molecule has 1 heteroatoms. The molecule has 0 radical (unpaired) electrons. The summed E-state index contributed by atoms with van der Waals surface area (Å²) >= 11 is 0. The van der Waals surface area contributed by atoms with E-state index in [0.29, 0.717) is 17.1 Å². The smallest absolute Gasteiger partial charge is 0.115 e. The molecule has 2 atom stereocenters. The fourth-order valence-electron chi connectivity index (χ4n) is 4.87. The highest BCUT2D eigenvalue weighted by molar-refractivity contribution is 5.47. The third-order valence-electron chi connectivity index (χ3n) is 5.84. The van der Waals surface area contributed by atoms with E-state index in [-0.39, 0.29) is 0 Å². The lowest BCUT2D eigenvalue weighted by Gasteiger charge is -2.41. The van der Waals surface area contributed by atoms with Gasteiger partial charge in [0.2, 0.25) is 0 Å². The molecule has 1 saturated carbocycles. The van der Waals surface area contributed by atoms with E-state index < -0.39 is 0 Å². The molecule has 1 nitrogen and oxygen atoms in total. The second kappa shape index (κ2) is 3.88. The average molecular weight is 254 g/mol. The largest absolute Gasteiger partial charge is 0.508 e. The molecular weight excluding hydrogens is 232 g/mol. The molecular formula is C18H22O. The first kappa shape index (κ1) is 11.6. The molecule has 3 aliphatic rings. The summed E-state index contributed by atoms with van der Waals surface area (Å²) in [7, 11) is 0. The molecule has 0 aromatic heterocycles. The summed E-state index contributed by atoms with van der Waals surface area (Å²) in [4.78, 5) is 0. The molecule has 0 saturated heterocycles. The van der Waals surface area contributed by atoms with Crippen molar-refractivity contribution >= 4 is 0 Å². The fraction of sp³-hybridized carbons (Fsp3) is 0.556. The third kappa shape index (κ3) is 1.60. The van der Waals surface area contributed by atoms with Crippen molar-refractivity contribution in [1.82, 2.24) is 0 Å². The Bertz CT molecular complexity index is 569. The molecule has 1 fully saturated rings. The van der Waals surface area contributed by atoms with Crippen LogP contribution in [-0.4, -0.2) is 5.11 Å². The number of aryl methyl sites for hydroxylation is 1. The zero-order chi connectivity index (χ0) is 13.0. The van der Waals surface area contributed by atoms with Gasteiger partial charge in [-0.25, -0.2) is 0 Å². The van der Waals surface area contributed by atoms with Gasteiger partial charge in [-0.1, -0.05) is 24.1 Å². The second-order valence-corrected chi connectivity index (χ2v) is 6.89. The van der Waals surface area contributed by atoms with Crippen LogP contribution in [0, 0.1) is 5.41 Å². The number of phenolic OH excluding ortho intramolecular Hbond substituents is 1. The lowest BCUT2D eigenvalue weighted by atomic mass is 9.64. The Kier molecular flexibility index (Phi) is 2.36. The first-order valence-corrected chi connectivity index (χ1v) is 7.72. The Balaban J connectivity index is 1.84. The predicted octanol–water partition coefficient (Wildman–Crippen LogP) is 4.70. The Morgan fingerprint density at radius 3 is 2.95 bits per heavy atom. The van der Waals surface area contributed by atoms with E-state index in [1.165, 1.54) is 49.7 Å². The topological polar surface area (TPSA) is 20.2 Å². The number of phenols is 1. The number of aromatic hydroxyl groups is 1. The van der Waals surface area contributed by atoms with Gasteiger partial charge in [0.05, 0.1) is 0 Å². The molecule has 0 bridgehead atoms. The van der Waals surface area contributed by atoms with Crippen molar-refractivity contribution in [3.05, 3.63) is 40.5 Å². The van der Waals surface area contributed by atoms with Crippen molar-refractivity contribution in [2.24, 2.45) is 5.41 Å². The molecule has 19 heavy (non-hydrogen) atoms. The Hall–Kier alpha value is -1.24. The van der Waals surface area contributed by atoms with E-state index in [2.05, 4.69) is 13.0 Å². The van der Waals surface area contributed by atoms with Crippen molar-refractivity contribution < 1.29 is 5.11 Å². The van der Waals surface area contributed by atoms with E-state index in [0.717, 1.165) is 6.42 Å². The van der Waals surface area contributed by atoms with Crippen molar-refractivity contribution in [3.8, 4) is 5.75 Å². The predicted molar refractivity (Wildman–Crippen MR) is 77.4 cm³/mol. The van der Waals surface area contributed by atoms with Crippen LogP contribution < -0.4 is 0 Å². The van der Waals surface area contributed by atoms with Crippen LogP contribution in [0.5, 0.6) is 5.75 Å². The van der Waals surface area contributed by atoms with Crippen LogP contribution in [0.3, 0.4) is 0 Å². The van der Waals surface area contributed by atoms with Crippen LogP contribution >= 0.6 is 0 Å². The highest BCUT2D eigenvalue weighted by Crippen LogP contribution is 2.57. The van der Waals surface area contributed by atoms with Gasteiger partial charge >= 0.3 is 0 Å². The van der Waals surface area contributed by atoms with Crippen molar-refractivity contribution in [1.29, 1.82) is 0 Å². The van der Waals surface area contributed by atoms with Gasteiger partial charge in [0.15, 0.2) is 0 Å². The van der Waals surface area contributed by atoms with E-state index >= 15 is 0 Å². The highest BCUT2D eigenvalue weighted by atomic mass is 16.3. The third-order valence-corrected chi connectivity index (χ3v) is 5.84. The summed E-state index contributed by atoms with van der Waals surface area (Å²) in [5.41, 5.74) is 6.99. The first-order valence-electron chi connectivity index (χ1n) is 7.72. The van der Waals surface area contributed by atoms with Crippen LogP contribution in [0.4, 0.5) is 0 Å². The van der Waals surface area contributed by atoms with Gasteiger partial charge in [-0.15, -0.1) is 0 Å². The van der Waals surface area contributed by atoms with Gasteiger partial charge in [0.25, 0.3) is 0 Å². The minimum Gasteiger partial charge on any atom is -0.508 e. The summed E-state index contributed by atoms with van der Waals surface area (Å²) in [5.74, 6) is 1.09. The van der Waals surface area contributed by atoms with Gasteiger partial charge in [0.1, 0.15) is 5.75 Å². The van der Waals surface area contributed by atoms with Crippen LogP contribution in [0.1, 0.15) is 62.5 Å². The summed E-state index contributed by atoms with van der Waals surface area (Å²) in [6.45, 7) is 2.49. The molecule has 1 N–H and O–H groups in total. The van der Waals surface area contributed by atoms with Crippen LogP contribution in [-0.2, 0) is 6.42 Å². The van der Waals surface area contributed by atoms with Gasteiger partial charge in [-0.05, 0) is 73.6 Å². The van der Waals surface area contributed by atoms with E-state index in [1.807, 2.05) is 17.7 Å². The zero-order valence-corrected chi connectivity index (χ0v) is 11.7. The Morgan fingerprint density at radius 1 is 1.16 bits per heavy atom. The summed E-state index contributed by atoms with van der Waals surface area (Å²) in [5, 5.41) is 9.66. The van der Waals surface area contributed by atoms with E-state index in [4.69, 9.17) is 0 Å². The minimum atomic E-state index is 0.427. The first-order chi connectivity index (χ1) is 9.17. The fourth-order valence-corrected chi connectivity index (χ4v) is 4.87. The number of benzene rings is 1. The summed E-state index contributed by atoms with van der Waals surface area (Å²) in [6.07, 6.45) is 9.16. The van der Waals surface area contributed by atoms with Crippen LogP contribution in [0.2, 0.25) is 0 Å². The quantitative estimate of drug-likeness (QED) is 0.665. The molecule has 0 aliphatic heterocycles. The summed E-state index contributed by atoms with van der Waals surface area (Å²) in [6, 6.07) is 6.03. The van der Waals surface area contributed by atoms with E-state index in [1.54, 1.807) is 5.57 Å². The molecule has 0 amide bonds. The SMILES string of the molecule is CC12CCCC1=C1CCc3cc(O)ccc3C1CC2. The monoisotopic (exact) mass is 254 g/mol. The molecule has 100 valence electrons. The molecule has 1 aromatic carbocycles. The van der Waals surface area contributed by atoms with Gasteiger partial charge in [0, 0.05) is 5.92 Å². The second-order valence-electron chi connectivity index (χ2n) is 6.89. The normalized spacial score (nSPS) is 32.8. The van der Waals surface area contributed by atoms with Gasteiger partial charge < -0.3 is 5.11 Å². The Labute approximate surface area is 115 Å². The standard InChI is InChI=1S/C18H22O/c1-18-9-2-3-17(18)16-6-4-12-11-13(19)5-7-14(12)15(16)8-10-18/h5,7,11,15,19H,2-4,6,8-10H2,1H3. The number of allylic oxidation sites excluding steroid dienone is 2. The Morgan fingerprint density at radius 2 is 2.05 bits per heavy atom. The lowest BCUT2D eigenvalue weighted by Crippen LogP contribution is -2.26. The van der Waals surface area contributed by atoms with Gasteiger partial charge in [-0.3, -0.25) is 0 Å². The molecule has 1 aromatic rings. The molecule has 2 unspecified atom stereocenters. The number of hydrogen-bond donors (Lipinski definition) is 1. The van der Waals surface area contributed by atoms with Crippen molar-refractivity contribution in [3.63, 3.8) is 0 Å². The average Bonchev–Trinajstić information content (AvgIpc) is 2.79. The maximum absolute atomic E-state index is 9.66. The molecule has 4 rings (SSSR count). The van der Waals surface area contributed by atoms with Gasteiger partial charge in [-0.2, -0.15) is 0 Å².